The molecule has 2 rings (SSSR count). The highest BCUT2D eigenvalue weighted by Gasteiger charge is 2.46. The van der Waals surface area contributed by atoms with Crippen molar-refractivity contribution in [3.8, 4) is 0 Å². The zero-order chi connectivity index (χ0) is 15.1. The van der Waals surface area contributed by atoms with E-state index in [1.54, 1.807) is 6.92 Å². The number of aromatic carboxylic acids is 1. The maximum atomic E-state index is 13.5. The minimum atomic E-state index is -3.91. The van der Waals surface area contributed by atoms with Gasteiger partial charge in [-0.05, 0) is 24.6 Å². The molecule has 1 aliphatic rings. The molecule has 0 atom stereocenters. The van der Waals surface area contributed by atoms with Crippen molar-refractivity contribution in [1.29, 1.82) is 0 Å². The Morgan fingerprint density at radius 2 is 2.05 bits per heavy atom. The van der Waals surface area contributed by atoms with E-state index in [0.29, 0.717) is 12.5 Å². The molecule has 0 bridgehead atoms. The molecule has 0 saturated carbocycles. The molecule has 1 heterocycles. The van der Waals surface area contributed by atoms with Crippen LogP contribution in [0.25, 0.3) is 0 Å². The first-order valence-corrected chi connectivity index (χ1v) is 7.39. The lowest BCUT2D eigenvalue weighted by molar-refractivity contribution is -0.0613. The molecular formula is C12H14FNO5S. The molecule has 1 aromatic carbocycles. The number of carboxylic acid groups (broad SMARTS) is 1. The zero-order valence-electron chi connectivity index (χ0n) is 10.7. The Bertz CT molecular complexity index is 652. The second-order valence-electron chi connectivity index (χ2n) is 4.80. The van der Waals surface area contributed by atoms with Gasteiger partial charge in [0.05, 0.1) is 16.1 Å². The highest BCUT2D eigenvalue weighted by molar-refractivity contribution is 7.89. The van der Waals surface area contributed by atoms with E-state index >= 15 is 0 Å². The number of aliphatic hydroxyl groups is 1. The van der Waals surface area contributed by atoms with E-state index in [9.17, 15) is 22.7 Å². The molecule has 110 valence electrons. The first-order chi connectivity index (χ1) is 9.19. The number of carboxylic acids is 1. The fourth-order valence-electron chi connectivity index (χ4n) is 1.98. The maximum Gasteiger partial charge on any atom is 0.338 e. The normalized spacial score (nSPS) is 18.6. The lowest BCUT2D eigenvalue weighted by Gasteiger charge is -2.44. The standard InChI is InChI=1S/C12H14FNO5S/c1-2-12(17)6-14(7-12)20(18,19)8-3-4-9(11(15)16)10(13)5-8/h3-5,17H,2,6-7H2,1H3,(H,15,16). The van der Waals surface area contributed by atoms with Crippen molar-refractivity contribution in [2.75, 3.05) is 13.1 Å². The molecule has 0 amide bonds. The fourth-order valence-corrected chi connectivity index (χ4v) is 3.59. The summed E-state index contributed by atoms with van der Waals surface area (Å²) in [4.78, 5) is 10.4. The third-order valence-electron chi connectivity index (χ3n) is 3.41. The SMILES string of the molecule is CCC1(O)CN(S(=O)(=O)c2ccc(C(=O)O)c(F)c2)C1. The third-order valence-corrected chi connectivity index (χ3v) is 5.20. The van der Waals surface area contributed by atoms with Gasteiger partial charge < -0.3 is 10.2 Å². The molecular weight excluding hydrogens is 289 g/mol. The minimum absolute atomic E-state index is 0.0475. The lowest BCUT2D eigenvalue weighted by Crippen LogP contribution is -2.62. The molecule has 1 fully saturated rings. The van der Waals surface area contributed by atoms with Crippen LogP contribution in [-0.2, 0) is 10.0 Å². The zero-order valence-corrected chi connectivity index (χ0v) is 11.5. The minimum Gasteiger partial charge on any atom is -0.478 e. The average Bonchev–Trinajstić information content (AvgIpc) is 2.34. The summed E-state index contributed by atoms with van der Waals surface area (Å²) in [7, 11) is -3.91. The lowest BCUT2D eigenvalue weighted by atomic mass is 9.94. The molecule has 6 nitrogen and oxygen atoms in total. The van der Waals surface area contributed by atoms with Crippen molar-refractivity contribution in [2.45, 2.75) is 23.8 Å². The number of carbonyl (C=O) groups is 1. The number of hydrogen-bond donors (Lipinski definition) is 2. The number of β-amino-alcohol motifs (C(OH)–C–C–N with tert-alkyl or cyclic N) is 1. The Morgan fingerprint density at radius 1 is 1.45 bits per heavy atom. The molecule has 0 spiro atoms. The first-order valence-electron chi connectivity index (χ1n) is 5.95. The number of hydrogen-bond acceptors (Lipinski definition) is 4. The van der Waals surface area contributed by atoms with Crippen LogP contribution in [0.1, 0.15) is 23.7 Å². The van der Waals surface area contributed by atoms with Crippen LogP contribution in [-0.4, -0.2) is 47.6 Å². The Labute approximate surface area is 115 Å². The summed E-state index contributed by atoms with van der Waals surface area (Å²) in [5.74, 6) is -2.57. The van der Waals surface area contributed by atoms with Gasteiger partial charge >= 0.3 is 5.97 Å². The molecule has 1 aliphatic heterocycles. The van der Waals surface area contributed by atoms with E-state index in [1.165, 1.54) is 0 Å². The molecule has 1 saturated heterocycles. The van der Waals surface area contributed by atoms with Gasteiger partial charge in [0.25, 0.3) is 0 Å². The van der Waals surface area contributed by atoms with Gasteiger partial charge in [-0.3, -0.25) is 0 Å². The smallest absolute Gasteiger partial charge is 0.338 e. The Hall–Kier alpha value is -1.51. The van der Waals surface area contributed by atoms with E-state index in [4.69, 9.17) is 5.11 Å². The van der Waals surface area contributed by atoms with Crippen LogP contribution in [0.15, 0.2) is 23.1 Å². The summed E-state index contributed by atoms with van der Waals surface area (Å²) in [5, 5.41) is 18.5. The molecule has 0 aliphatic carbocycles. The number of benzene rings is 1. The number of nitrogens with zero attached hydrogens (tertiary/aromatic N) is 1. The number of halogens is 1. The summed E-state index contributed by atoms with van der Waals surface area (Å²) in [5.41, 5.74) is -1.62. The van der Waals surface area contributed by atoms with Crippen LogP contribution in [0.2, 0.25) is 0 Å². The van der Waals surface area contributed by atoms with Crippen molar-refractivity contribution in [1.82, 2.24) is 4.31 Å². The monoisotopic (exact) mass is 303 g/mol. The number of rotatable bonds is 4. The van der Waals surface area contributed by atoms with Crippen molar-refractivity contribution in [2.24, 2.45) is 0 Å². The van der Waals surface area contributed by atoms with E-state index in [0.717, 1.165) is 16.4 Å². The van der Waals surface area contributed by atoms with Crippen molar-refractivity contribution in [3.05, 3.63) is 29.6 Å². The molecule has 20 heavy (non-hydrogen) atoms. The largest absolute Gasteiger partial charge is 0.478 e. The van der Waals surface area contributed by atoms with Gasteiger partial charge in [-0.15, -0.1) is 0 Å². The van der Waals surface area contributed by atoms with E-state index in [2.05, 4.69) is 0 Å². The van der Waals surface area contributed by atoms with E-state index < -0.39 is 33.0 Å². The van der Waals surface area contributed by atoms with Gasteiger partial charge in [0.15, 0.2) is 0 Å². The third kappa shape index (κ3) is 2.41. The van der Waals surface area contributed by atoms with Gasteiger partial charge in [0, 0.05) is 13.1 Å². The van der Waals surface area contributed by atoms with Crippen LogP contribution in [0.3, 0.4) is 0 Å². The van der Waals surface area contributed by atoms with Gasteiger partial charge in [0.2, 0.25) is 10.0 Å². The molecule has 0 aromatic heterocycles. The second kappa shape index (κ2) is 4.80. The van der Waals surface area contributed by atoms with Gasteiger partial charge in [-0.2, -0.15) is 4.31 Å². The summed E-state index contributed by atoms with van der Waals surface area (Å²) in [6.45, 7) is 1.65. The number of sulfonamides is 1. The Kier molecular flexibility index (Phi) is 3.57. The molecule has 8 heteroatoms. The summed E-state index contributed by atoms with van der Waals surface area (Å²) in [6.07, 6.45) is 0.422. The highest BCUT2D eigenvalue weighted by atomic mass is 32.2. The summed E-state index contributed by atoms with van der Waals surface area (Å²) < 4.78 is 38.9. The average molecular weight is 303 g/mol. The topological polar surface area (TPSA) is 94.9 Å². The fraction of sp³-hybridized carbons (Fsp3) is 0.417. The van der Waals surface area contributed by atoms with Gasteiger partial charge in [0.1, 0.15) is 5.82 Å². The van der Waals surface area contributed by atoms with E-state index in [1.807, 2.05) is 0 Å². The second-order valence-corrected chi connectivity index (χ2v) is 6.74. The predicted molar refractivity (Wildman–Crippen MR) is 67.4 cm³/mol. The van der Waals surface area contributed by atoms with Crippen LogP contribution in [0.4, 0.5) is 4.39 Å². The molecule has 0 unspecified atom stereocenters. The highest BCUT2D eigenvalue weighted by Crippen LogP contribution is 2.30. The maximum absolute atomic E-state index is 13.5. The molecule has 2 N–H and O–H groups in total. The van der Waals surface area contributed by atoms with Gasteiger partial charge in [-0.25, -0.2) is 17.6 Å². The van der Waals surface area contributed by atoms with Crippen molar-refractivity contribution >= 4 is 16.0 Å². The molecule has 0 radical (unpaired) electrons. The summed E-state index contributed by atoms with van der Waals surface area (Å²) >= 11 is 0. The van der Waals surface area contributed by atoms with E-state index in [-0.39, 0.29) is 18.0 Å². The van der Waals surface area contributed by atoms with Crippen LogP contribution >= 0.6 is 0 Å². The predicted octanol–water partition coefficient (Wildman–Crippen LogP) is 0.669. The van der Waals surface area contributed by atoms with Gasteiger partial charge in [-0.1, -0.05) is 6.92 Å². The van der Waals surface area contributed by atoms with Crippen LogP contribution < -0.4 is 0 Å². The quantitative estimate of drug-likeness (QED) is 0.852. The summed E-state index contributed by atoms with van der Waals surface area (Å²) in [6, 6.07) is 2.64. The van der Waals surface area contributed by atoms with Crippen molar-refractivity contribution in [3.63, 3.8) is 0 Å². The van der Waals surface area contributed by atoms with Crippen LogP contribution in [0, 0.1) is 5.82 Å². The Morgan fingerprint density at radius 3 is 2.50 bits per heavy atom. The Balaban J connectivity index is 2.28. The first kappa shape index (κ1) is 14.9. The van der Waals surface area contributed by atoms with Crippen LogP contribution in [0.5, 0.6) is 0 Å². The van der Waals surface area contributed by atoms with Crippen molar-refractivity contribution < 1.29 is 27.8 Å². The molecule has 1 aromatic rings.